The van der Waals surface area contributed by atoms with E-state index >= 15 is 0 Å². The van der Waals surface area contributed by atoms with Gasteiger partial charge in [0.1, 0.15) is 0 Å². The van der Waals surface area contributed by atoms with E-state index in [1.165, 1.54) is 51.4 Å². The van der Waals surface area contributed by atoms with Crippen molar-refractivity contribution in [2.75, 3.05) is 0 Å². The number of aliphatic hydroxyl groups is 1. The van der Waals surface area contributed by atoms with Gasteiger partial charge in [0.05, 0.1) is 6.10 Å². The first-order valence-electron chi connectivity index (χ1n) is 6.49. The zero-order valence-electron chi connectivity index (χ0n) is 10.1. The van der Waals surface area contributed by atoms with Crippen LogP contribution in [0.3, 0.4) is 0 Å². The maximum absolute atomic E-state index is 9.58. The fourth-order valence-electron chi connectivity index (χ4n) is 1.74. The van der Waals surface area contributed by atoms with Crippen LogP contribution < -0.4 is 0 Å². The van der Waals surface area contributed by atoms with Gasteiger partial charge >= 0.3 is 0 Å². The van der Waals surface area contributed by atoms with Crippen LogP contribution >= 0.6 is 0 Å². The molecule has 1 unspecified atom stereocenters. The number of aliphatic hydroxyl groups excluding tert-OH is 1. The quantitative estimate of drug-likeness (QED) is 0.522. The SMILES string of the molecule is CCCCCCCCC(O)CCCC. The molecule has 0 aliphatic rings. The summed E-state index contributed by atoms with van der Waals surface area (Å²) in [5, 5.41) is 9.58. The first-order valence-corrected chi connectivity index (χ1v) is 6.49. The van der Waals surface area contributed by atoms with Gasteiger partial charge in [-0.3, -0.25) is 0 Å². The minimum atomic E-state index is -0.0267. The first-order chi connectivity index (χ1) is 6.81. The molecule has 0 saturated carbocycles. The number of rotatable bonds is 10. The molecule has 0 aliphatic carbocycles. The Labute approximate surface area is 89.9 Å². The minimum absolute atomic E-state index is 0.0267. The molecule has 0 heterocycles. The molecule has 0 aliphatic heterocycles. The van der Waals surface area contributed by atoms with E-state index in [1.807, 2.05) is 0 Å². The van der Waals surface area contributed by atoms with Crippen molar-refractivity contribution in [3.63, 3.8) is 0 Å². The molecule has 0 aromatic rings. The molecule has 1 N–H and O–H groups in total. The fourth-order valence-corrected chi connectivity index (χ4v) is 1.74. The third kappa shape index (κ3) is 10.0. The highest BCUT2D eigenvalue weighted by atomic mass is 16.3. The second-order valence-corrected chi connectivity index (χ2v) is 4.35. The van der Waals surface area contributed by atoms with Crippen LogP contribution in [-0.4, -0.2) is 11.2 Å². The lowest BCUT2D eigenvalue weighted by Gasteiger charge is -2.09. The Bertz CT molecular complexity index is 101. The summed E-state index contributed by atoms with van der Waals surface area (Å²) < 4.78 is 0. The Morgan fingerprint density at radius 2 is 1.21 bits per heavy atom. The topological polar surface area (TPSA) is 20.2 Å². The van der Waals surface area contributed by atoms with Crippen LogP contribution in [0.15, 0.2) is 0 Å². The Morgan fingerprint density at radius 3 is 1.86 bits per heavy atom. The molecule has 1 heteroatoms. The minimum Gasteiger partial charge on any atom is -0.393 e. The molecule has 0 rings (SSSR count). The van der Waals surface area contributed by atoms with Gasteiger partial charge in [-0.2, -0.15) is 0 Å². The van der Waals surface area contributed by atoms with Crippen molar-refractivity contribution in [2.24, 2.45) is 0 Å². The summed E-state index contributed by atoms with van der Waals surface area (Å²) in [4.78, 5) is 0. The van der Waals surface area contributed by atoms with E-state index in [-0.39, 0.29) is 6.10 Å². The Kier molecular flexibility index (Phi) is 11.0. The van der Waals surface area contributed by atoms with E-state index in [2.05, 4.69) is 13.8 Å². The van der Waals surface area contributed by atoms with Crippen molar-refractivity contribution in [1.82, 2.24) is 0 Å². The smallest absolute Gasteiger partial charge is 0.0540 e. The monoisotopic (exact) mass is 200 g/mol. The van der Waals surface area contributed by atoms with Crippen LogP contribution in [0.25, 0.3) is 0 Å². The van der Waals surface area contributed by atoms with Crippen LogP contribution in [0.2, 0.25) is 0 Å². The van der Waals surface area contributed by atoms with Gasteiger partial charge in [-0.25, -0.2) is 0 Å². The average Bonchev–Trinajstić information content (AvgIpc) is 2.20. The lowest BCUT2D eigenvalue weighted by Crippen LogP contribution is -2.05. The van der Waals surface area contributed by atoms with E-state index < -0.39 is 0 Å². The molecule has 14 heavy (non-hydrogen) atoms. The molecule has 86 valence electrons. The lowest BCUT2D eigenvalue weighted by molar-refractivity contribution is 0.148. The molecule has 0 radical (unpaired) electrons. The summed E-state index contributed by atoms with van der Waals surface area (Å²) in [7, 11) is 0. The molecule has 0 saturated heterocycles. The van der Waals surface area contributed by atoms with Crippen molar-refractivity contribution in [1.29, 1.82) is 0 Å². The van der Waals surface area contributed by atoms with E-state index in [9.17, 15) is 5.11 Å². The highest BCUT2D eigenvalue weighted by Gasteiger charge is 2.02. The summed E-state index contributed by atoms with van der Waals surface area (Å²) >= 11 is 0. The molecular formula is C13H28O. The van der Waals surface area contributed by atoms with Crippen LogP contribution in [-0.2, 0) is 0 Å². The Morgan fingerprint density at radius 1 is 0.714 bits per heavy atom. The molecule has 0 spiro atoms. The highest BCUT2D eigenvalue weighted by molar-refractivity contribution is 4.56. The molecule has 0 amide bonds. The molecular weight excluding hydrogens is 172 g/mol. The number of unbranched alkanes of at least 4 members (excludes halogenated alkanes) is 6. The Balaban J connectivity index is 3.02. The molecule has 0 aromatic carbocycles. The van der Waals surface area contributed by atoms with Crippen molar-refractivity contribution < 1.29 is 5.11 Å². The van der Waals surface area contributed by atoms with Gasteiger partial charge in [0.25, 0.3) is 0 Å². The zero-order chi connectivity index (χ0) is 10.6. The van der Waals surface area contributed by atoms with E-state index in [0.29, 0.717) is 0 Å². The summed E-state index contributed by atoms with van der Waals surface area (Å²) in [6, 6.07) is 0. The molecule has 0 aromatic heterocycles. The van der Waals surface area contributed by atoms with Crippen molar-refractivity contribution in [3.8, 4) is 0 Å². The van der Waals surface area contributed by atoms with E-state index in [0.717, 1.165) is 12.8 Å². The zero-order valence-corrected chi connectivity index (χ0v) is 10.1. The number of hydrogen-bond acceptors (Lipinski definition) is 1. The van der Waals surface area contributed by atoms with Crippen molar-refractivity contribution in [2.45, 2.75) is 84.2 Å². The van der Waals surface area contributed by atoms with Gasteiger partial charge in [0.2, 0.25) is 0 Å². The van der Waals surface area contributed by atoms with Crippen molar-refractivity contribution in [3.05, 3.63) is 0 Å². The van der Waals surface area contributed by atoms with Crippen LogP contribution in [0.1, 0.15) is 78.1 Å². The van der Waals surface area contributed by atoms with E-state index in [4.69, 9.17) is 0 Å². The maximum Gasteiger partial charge on any atom is 0.0540 e. The predicted molar refractivity (Wildman–Crippen MR) is 63.5 cm³/mol. The fraction of sp³-hybridized carbons (Fsp3) is 1.00. The van der Waals surface area contributed by atoms with Gasteiger partial charge < -0.3 is 5.11 Å². The maximum atomic E-state index is 9.58. The van der Waals surface area contributed by atoms with Crippen LogP contribution in [0, 0.1) is 0 Å². The van der Waals surface area contributed by atoms with Gasteiger partial charge in [0, 0.05) is 0 Å². The Hall–Kier alpha value is -0.0400. The second kappa shape index (κ2) is 11.0. The van der Waals surface area contributed by atoms with Gasteiger partial charge in [-0.05, 0) is 12.8 Å². The molecule has 1 nitrogen and oxygen atoms in total. The second-order valence-electron chi connectivity index (χ2n) is 4.35. The summed E-state index contributed by atoms with van der Waals surface area (Å²) in [5.41, 5.74) is 0. The van der Waals surface area contributed by atoms with E-state index in [1.54, 1.807) is 0 Å². The third-order valence-electron chi connectivity index (χ3n) is 2.78. The summed E-state index contributed by atoms with van der Waals surface area (Å²) in [6.07, 6.45) is 12.3. The van der Waals surface area contributed by atoms with Gasteiger partial charge in [-0.1, -0.05) is 65.2 Å². The van der Waals surface area contributed by atoms with Gasteiger partial charge in [0.15, 0.2) is 0 Å². The number of hydrogen-bond donors (Lipinski definition) is 1. The molecule has 0 bridgehead atoms. The van der Waals surface area contributed by atoms with Crippen LogP contribution in [0.5, 0.6) is 0 Å². The van der Waals surface area contributed by atoms with Crippen LogP contribution in [0.4, 0.5) is 0 Å². The summed E-state index contributed by atoms with van der Waals surface area (Å²) in [6.45, 7) is 4.42. The predicted octanol–water partition coefficient (Wildman–Crippen LogP) is 4.29. The molecule has 1 atom stereocenters. The average molecular weight is 200 g/mol. The lowest BCUT2D eigenvalue weighted by atomic mass is 10.0. The standard InChI is InChI=1S/C13H28O/c1-3-5-7-8-9-10-12-13(14)11-6-4-2/h13-14H,3-12H2,1-2H3. The summed E-state index contributed by atoms with van der Waals surface area (Å²) in [5.74, 6) is 0. The highest BCUT2D eigenvalue weighted by Crippen LogP contribution is 2.11. The third-order valence-corrected chi connectivity index (χ3v) is 2.78. The molecule has 0 fully saturated rings. The first kappa shape index (κ1) is 14.0. The van der Waals surface area contributed by atoms with Crippen molar-refractivity contribution >= 4 is 0 Å². The largest absolute Gasteiger partial charge is 0.393 e. The normalized spacial score (nSPS) is 13.1. The van der Waals surface area contributed by atoms with Gasteiger partial charge in [-0.15, -0.1) is 0 Å².